The number of halogens is 1. The Labute approximate surface area is 121 Å². The van der Waals surface area contributed by atoms with Crippen molar-refractivity contribution in [1.82, 2.24) is 4.72 Å². The molecule has 20 heavy (non-hydrogen) atoms. The first-order valence-electron chi connectivity index (χ1n) is 5.53. The summed E-state index contributed by atoms with van der Waals surface area (Å²) in [7, 11) is -4.24. The molecule has 0 atom stereocenters. The van der Waals surface area contributed by atoms with Crippen molar-refractivity contribution in [1.29, 1.82) is 0 Å². The van der Waals surface area contributed by atoms with Gasteiger partial charge in [-0.25, -0.2) is 4.72 Å². The Balaban J connectivity index is 2.08. The maximum Gasteiger partial charge on any atom is 0.409 e. The van der Waals surface area contributed by atoms with Gasteiger partial charge in [-0.3, -0.25) is 4.79 Å². The summed E-state index contributed by atoms with van der Waals surface area (Å²) in [5.74, 6) is -0.706. The molecule has 1 amide bonds. The van der Waals surface area contributed by atoms with Crippen LogP contribution in [0.4, 0.5) is 0 Å². The van der Waals surface area contributed by atoms with E-state index in [2.05, 4.69) is 0 Å². The van der Waals surface area contributed by atoms with E-state index < -0.39 is 16.2 Å². The Morgan fingerprint density at radius 1 is 1.00 bits per heavy atom. The predicted molar refractivity (Wildman–Crippen MR) is 74.9 cm³/mol. The monoisotopic (exact) mass is 311 g/mol. The number of rotatable bonds is 4. The van der Waals surface area contributed by atoms with Gasteiger partial charge >= 0.3 is 10.3 Å². The van der Waals surface area contributed by atoms with Crippen molar-refractivity contribution in [2.45, 2.75) is 0 Å². The number of carbonyl (C=O) groups is 1. The summed E-state index contributed by atoms with van der Waals surface area (Å²) in [6.45, 7) is 0. The molecule has 0 fully saturated rings. The number of hydrogen-bond acceptors (Lipinski definition) is 4. The summed E-state index contributed by atoms with van der Waals surface area (Å²) in [5.41, 5.74) is 0.218. The van der Waals surface area contributed by atoms with Crippen LogP contribution in [0.1, 0.15) is 10.4 Å². The Morgan fingerprint density at radius 2 is 1.60 bits per heavy atom. The highest BCUT2D eigenvalue weighted by Crippen LogP contribution is 2.16. The maximum absolute atomic E-state index is 11.7. The third-order valence-electron chi connectivity index (χ3n) is 2.27. The fraction of sp³-hybridized carbons (Fsp3) is 0. The second-order valence-corrected chi connectivity index (χ2v) is 5.50. The third kappa shape index (κ3) is 3.97. The lowest BCUT2D eigenvalue weighted by atomic mass is 10.2. The van der Waals surface area contributed by atoms with Gasteiger partial charge in [0.25, 0.3) is 5.91 Å². The van der Waals surface area contributed by atoms with Gasteiger partial charge in [-0.1, -0.05) is 29.8 Å². The summed E-state index contributed by atoms with van der Waals surface area (Å²) < 4.78 is 29.9. The second-order valence-electron chi connectivity index (χ2n) is 3.79. The molecule has 0 aliphatic rings. The van der Waals surface area contributed by atoms with E-state index in [1.54, 1.807) is 18.2 Å². The summed E-state index contributed by atoms with van der Waals surface area (Å²) in [5, 5.41) is 0.447. The molecule has 0 aromatic heterocycles. The van der Waals surface area contributed by atoms with Gasteiger partial charge in [0.05, 0.1) is 0 Å². The molecule has 0 bridgehead atoms. The lowest BCUT2D eigenvalue weighted by Crippen LogP contribution is -2.33. The van der Waals surface area contributed by atoms with Crippen molar-refractivity contribution < 1.29 is 17.4 Å². The molecule has 0 saturated heterocycles. The molecule has 104 valence electrons. The van der Waals surface area contributed by atoms with Gasteiger partial charge in [-0.05, 0) is 36.4 Å². The lowest BCUT2D eigenvalue weighted by Gasteiger charge is -2.08. The van der Waals surface area contributed by atoms with Crippen LogP contribution in [0.5, 0.6) is 5.75 Å². The Hall–Kier alpha value is -2.05. The van der Waals surface area contributed by atoms with Gasteiger partial charge in [0.1, 0.15) is 5.75 Å². The standard InChI is InChI=1S/C13H10ClNO4S/c14-11-6-8-12(9-7-11)19-20(17,18)15-13(16)10-4-2-1-3-5-10/h1-9H,(H,15,16). The van der Waals surface area contributed by atoms with Crippen molar-refractivity contribution in [2.24, 2.45) is 0 Å². The number of benzene rings is 2. The van der Waals surface area contributed by atoms with E-state index in [0.29, 0.717) is 5.02 Å². The van der Waals surface area contributed by atoms with Crippen LogP contribution in [-0.4, -0.2) is 14.3 Å². The smallest absolute Gasteiger partial charge is 0.367 e. The Kier molecular flexibility index (Phi) is 4.26. The molecule has 2 aromatic rings. The molecule has 0 aliphatic carbocycles. The highest BCUT2D eigenvalue weighted by Gasteiger charge is 2.17. The molecule has 2 aromatic carbocycles. The predicted octanol–water partition coefficient (Wildman–Crippen LogP) is 2.39. The van der Waals surface area contributed by atoms with Gasteiger partial charge in [-0.15, -0.1) is 0 Å². The molecule has 0 radical (unpaired) electrons. The van der Waals surface area contributed by atoms with Gasteiger partial charge in [0.15, 0.2) is 0 Å². The first kappa shape index (κ1) is 14.4. The minimum Gasteiger partial charge on any atom is -0.367 e. The zero-order valence-electron chi connectivity index (χ0n) is 10.1. The lowest BCUT2D eigenvalue weighted by molar-refractivity contribution is 0.0979. The number of hydrogen-bond donors (Lipinski definition) is 1. The van der Waals surface area contributed by atoms with E-state index in [1.165, 1.54) is 36.4 Å². The zero-order chi connectivity index (χ0) is 14.6. The zero-order valence-corrected chi connectivity index (χ0v) is 11.7. The minimum atomic E-state index is -4.24. The summed E-state index contributed by atoms with van der Waals surface area (Å²) in [4.78, 5) is 11.7. The van der Waals surface area contributed by atoms with Crippen molar-refractivity contribution in [3.8, 4) is 5.75 Å². The molecule has 5 nitrogen and oxygen atoms in total. The Morgan fingerprint density at radius 3 is 2.20 bits per heavy atom. The fourth-order valence-corrected chi connectivity index (χ4v) is 2.28. The highest BCUT2D eigenvalue weighted by atomic mass is 35.5. The molecule has 2 rings (SSSR count). The number of amides is 1. The molecular weight excluding hydrogens is 302 g/mol. The van der Waals surface area contributed by atoms with Crippen LogP contribution in [0.15, 0.2) is 54.6 Å². The average Bonchev–Trinajstić information content (AvgIpc) is 2.41. The second kappa shape index (κ2) is 5.94. The van der Waals surface area contributed by atoms with Gasteiger partial charge < -0.3 is 4.18 Å². The quantitative estimate of drug-likeness (QED) is 0.941. The van der Waals surface area contributed by atoms with Crippen LogP contribution < -0.4 is 8.91 Å². The van der Waals surface area contributed by atoms with Crippen LogP contribution in [0.25, 0.3) is 0 Å². The first-order chi connectivity index (χ1) is 9.46. The molecule has 0 saturated carbocycles. The summed E-state index contributed by atoms with van der Waals surface area (Å²) in [6, 6.07) is 13.7. The van der Waals surface area contributed by atoms with Crippen LogP contribution in [0.3, 0.4) is 0 Å². The molecule has 0 aliphatic heterocycles. The normalized spacial score (nSPS) is 10.8. The van der Waals surface area contributed by atoms with Crippen LogP contribution in [-0.2, 0) is 10.3 Å². The van der Waals surface area contributed by atoms with E-state index in [9.17, 15) is 13.2 Å². The molecule has 0 heterocycles. The molecule has 1 N–H and O–H groups in total. The van der Waals surface area contributed by atoms with E-state index in [4.69, 9.17) is 15.8 Å². The maximum atomic E-state index is 11.7. The molecule has 7 heteroatoms. The van der Waals surface area contributed by atoms with Crippen LogP contribution in [0, 0.1) is 0 Å². The van der Waals surface area contributed by atoms with E-state index in [-0.39, 0.29) is 11.3 Å². The highest BCUT2D eigenvalue weighted by molar-refractivity contribution is 7.85. The molecule has 0 unspecified atom stereocenters. The van der Waals surface area contributed by atoms with Gasteiger partial charge in [-0.2, -0.15) is 8.42 Å². The average molecular weight is 312 g/mol. The minimum absolute atomic E-state index is 0.0581. The fourth-order valence-electron chi connectivity index (χ4n) is 1.40. The summed E-state index contributed by atoms with van der Waals surface area (Å²) >= 11 is 5.67. The summed E-state index contributed by atoms with van der Waals surface area (Å²) in [6.07, 6.45) is 0. The van der Waals surface area contributed by atoms with Crippen molar-refractivity contribution >= 4 is 27.8 Å². The van der Waals surface area contributed by atoms with Crippen molar-refractivity contribution in [3.05, 3.63) is 65.2 Å². The van der Waals surface area contributed by atoms with E-state index in [0.717, 1.165) is 0 Å². The van der Waals surface area contributed by atoms with Crippen LogP contribution >= 0.6 is 11.6 Å². The van der Waals surface area contributed by atoms with Crippen LogP contribution in [0.2, 0.25) is 5.02 Å². The van der Waals surface area contributed by atoms with Gasteiger partial charge in [0, 0.05) is 10.6 Å². The molecular formula is C13H10ClNO4S. The van der Waals surface area contributed by atoms with E-state index in [1.807, 2.05) is 4.72 Å². The van der Waals surface area contributed by atoms with Crippen molar-refractivity contribution in [2.75, 3.05) is 0 Å². The number of nitrogens with one attached hydrogen (secondary N) is 1. The number of carbonyl (C=O) groups excluding carboxylic acids is 1. The largest absolute Gasteiger partial charge is 0.409 e. The molecule has 0 spiro atoms. The third-order valence-corrected chi connectivity index (χ3v) is 3.37. The topological polar surface area (TPSA) is 72.5 Å². The Bertz CT molecular complexity index is 699. The van der Waals surface area contributed by atoms with E-state index >= 15 is 0 Å². The van der Waals surface area contributed by atoms with Crippen molar-refractivity contribution in [3.63, 3.8) is 0 Å². The van der Waals surface area contributed by atoms with Gasteiger partial charge in [0.2, 0.25) is 0 Å². The first-order valence-corrected chi connectivity index (χ1v) is 7.32. The SMILES string of the molecule is O=C(NS(=O)(=O)Oc1ccc(Cl)cc1)c1ccccc1.